The topological polar surface area (TPSA) is 82.0 Å². The second-order valence-electron chi connectivity index (χ2n) is 5.64. The third kappa shape index (κ3) is 4.80. The molecule has 1 rings (SSSR count). The predicted octanol–water partition coefficient (Wildman–Crippen LogP) is -0.0614. The number of nitrogens with one attached hydrogen (secondary N) is 1. The minimum absolute atomic E-state index is 0.0989. The molecule has 1 unspecified atom stereocenters. The number of nitrogens with zero attached hydrogens (tertiary/aromatic N) is 1. The van der Waals surface area contributed by atoms with Crippen molar-refractivity contribution in [3.63, 3.8) is 0 Å². The van der Waals surface area contributed by atoms with Gasteiger partial charge in [-0.3, -0.25) is 0 Å². The van der Waals surface area contributed by atoms with E-state index in [-0.39, 0.29) is 31.4 Å². The number of ether oxygens (including phenoxy) is 1. The number of rotatable bonds is 4. The zero-order valence-corrected chi connectivity index (χ0v) is 11.3. The van der Waals surface area contributed by atoms with Gasteiger partial charge in [-0.25, -0.2) is 4.79 Å². The van der Waals surface area contributed by atoms with E-state index >= 15 is 0 Å². The van der Waals surface area contributed by atoms with Gasteiger partial charge in [-0.15, -0.1) is 0 Å². The fraction of sp³-hybridized carbons (Fsp3) is 0.917. The summed E-state index contributed by atoms with van der Waals surface area (Å²) in [7, 11) is 0. The monoisotopic (exact) mass is 260 g/mol. The molecule has 18 heavy (non-hydrogen) atoms. The van der Waals surface area contributed by atoms with Crippen LogP contribution < -0.4 is 5.32 Å². The molecule has 0 aromatic carbocycles. The van der Waals surface area contributed by atoms with Crippen LogP contribution in [0.2, 0.25) is 0 Å². The zero-order valence-electron chi connectivity index (χ0n) is 11.3. The van der Waals surface area contributed by atoms with Gasteiger partial charge in [0.1, 0.15) is 5.60 Å². The number of hydrogen-bond acceptors (Lipinski definition) is 5. The summed E-state index contributed by atoms with van der Waals surface area (Å²) < 4.78 is 5.29. The Morgan fingerprint density at radius 2 is 2.06 bits per heavy atom. The highest BCUT2D eigenvalue weighted by atomic mass is 16.6. The van der Waals surface area contributed by atoms with Crippen LogP contribution in [0.5, 0.6) is 0 Å². The molecule has 3 N–H and O–H groups in total. The maximum atomic E-state index is 11.8. The third-order valence-corrected chi connectivity index (χ3v) is 2.75. The number of carbonyl (C=O) groups excluding carboxylic acids is 1. The first-order chi connectivity index (χ1) is 8.35. The fourth-order valence-corrected chi connectivity index (χ4v) is 1.89. The first kappa shape index (κ1) is 15.2. The molecule has 106 valence electrons. The van der Waals surface area contributed by atoms with Crippen LogP contribution in [0, 0.1) is 0 Å². The number of aliphatic hydroxyl groups is 2. The van der Waals surface area contributed by atoms with Gasteiger partial charge >= 0.3 is 6.09 Å². The average Bonchev–Trinajstić information content (AvgIpc) is 2.72. The molecule has 1 atom stereocenters. The highest BCUT2D eigenvalue weighted by Crippen LogP contribution is 2.15. The molecule has 6 heteroatoms. The van der Waals surface area contributed by atoms with Gasteiger partial charge in [-0.1, -0.05) is 0 Å². The molecular formula is C12H24N2O4. The van der Waals surface area contributed by atoms with Gasteiger partial charge in [0, 0.05) is 19.1 Å². The van der Waals surface area contributed by atoms with Gasteiger partial charge in [0.25, 0.3) is 0 Å². The fourth-order valence-electron chi connectivity index (χ4n) is 1.89. The molecule has 0 spiro atoms. The molecule has 1 aliphatic heterocycles. The second kappa shape index (κ2) is 6.36. The minimum atomic E-state index is -0.485. The highest BCUT2D eigenvalue weighted by Gasteiger charge is 2.30. The maximum Gasteiger partial charge on any atom is 0.410 e. The molecule has 1 aliphatic rings. The molecule has 1 heterocycles. The van der Waals surface area contributed by atoms with Crippen molar-refractivity contribution < 1.29 is 19.7 Å². The van der Waals surface area contributed by atoms with Crippen LogP contribution in [0.4, 0.5) is 4.79 Å². The summed E-state index contributed by atoms with van der Waals surface area (Å²) in [6, 6.07) is -0.226. The van der Waals surface area contributed by atoms with Crippen molar-refractivity contribution in [2.75, 3.05) is 26.3 Å². The normalized spacial score (nSPS) is 20.6. The van der Waals surface area contributed by atoms with Crippen molar-refractivity contribution in [3.8, 4) is 0 Å². The minimum Gasteiger partial charge on any atom is -0.444 e. The van der Waals surface area contributed by atoms with Crippen molar-refractivity contribution in [2.45, 2.75) is 44.9 Å². The Bertz CT molecular complexity index is 274. The van der Waals surface area contributed by atoms with Crippen molar-refractivity contribution in [2.24, 2.45) is 0 Å². The van der Waals surface area contributed by atoms with E-state index in [9.17, 15) is 4.79 Å². The SMILES string of the molecule is CC(C)(C)OC(=O)N1CCC(NC(CO)CO)C1. The summed E-state index contributed by atoms with van der Waals surface area (Å²) in [5.41, 5.74) is -0.485. The number of hydrogen-bond donors (Lipinski definition) is 3. The number of likely N-dealkylation sites (tertiary alicyclic amines) is 1. The molecule has 0 bridgehead atoms. The smallest absolute Gasteiger partial charge is 0.410 e. The summed E-state index contributed by atoms with van der Waals surface area (Å²) in [5.74, 6) is 0. The lowest BCUT2D eigenvalue weighted by Gasteiger charge is -2.25. The average molecular weight is 260 g/mol. The highest BCUT2D eigenvalue weighted by molar-refractivity contribution is 5.68. The molecule has 6 nitrogen and oxygen atoms in total. The van der Waals surface area contributed by atoms with E-state index in [0.29, 0.717) is 13.1 Å². The summed E-state index contributed by atoms with van der Waals surface area (Å²) in [4.78, 5) is 13.5. The molecule has 1 amide bonds. The largest absolute Gasteiger partial charge is 0.444 e. The van der Waals surface area contributed by atoms with Gasteiger partial charge in [0.2, 0.25) is 0 Å². The predicted molar refractivity (Wildman–Crippen MR) is 67.3 cm³/mol. The Hall–Kier alpha value is -0.850. The number of amides is 1. The van der Waals surface area contributed by atoms with Crippen molar-refractivity contribution >= 4 is 6.09 Å². The summed E-state index contributed by atoms with van der Waals surface area (Å²) in [6.45, 7) is 6.47. The Balaban J connectivity index is 2.39. The number of carbonyl (C=O) groups is 1. The lowest BCUT2D eigenvalue weighted by Crippen LogP contribution is -2.45. The standard InChI is InChI=1S/C12H24N2O4/c1-12(2,3)18-11(17)14-5-4-9(6-14)13-10(7-15)8-16/h9-10,13,15-16H,4-8H2,1-3H3. The van der Waals surface area contributed by atoms with E-state index in [1.54, 1.807) is 4.90 Å². The summed E-state index contributed by atoms with van der Waals surface area (Å²) in [6.07, 6.45) is 0.492. The molecule has 1 fully saturated rings. The van der Waals surface area contributed by atoms with Crippen LogP contribution in [0.1, 0.15) is 27.2 Å². The van der Waals surface area contributed by atoms with Gasteiger partial charge in [0.05, 0.1) is 19.3 Å². The van der Waals surface area contributed by atoms with E-state index in [1.165, 1.54) is 0 Å². The van der Waals surface area contributed by atoms with Gasteiger partial charge in [0.15, 0.2) is 0 Å². The molecule has 0 aromatic rings. The second-order valence-corrected chi connectivity index (χ2v) is 5.64. The van der Waals surface area contributed by atoms with Gasteiger partial charge in [-0.05, 0) is 27.2 Å². The Labute approximate surface area is 108 Å². The molecule has 1 saturated heterocycles. The first-order valence-corrected chi connectivity index (χ1v) is 6.31. The van der Waals surface area contributed by atoms with Crippen LogP contribution in [0.15, 0.2) is 0 Å². The Morgan fingerprint density at radius 1 is 1.44 bits per heavy atom. The van der Waals surface area contributed by atoms with Gasteiger partial charge < -0.3 is 25.2 Å². The van der Waals surface area contributed by atoms with Crippen LogP contribution >= 0.6 is 0 Å². The van der Waals surface area contributed by atoms with Crippen molar-refractivity contribution in [1.82, 2.24) is 10.2 Å². The van der Waals surface area contributed by atoms with E-state index in [1.807, 2.05) is 20.8 Å². The van der Waals surface area contributed by atoms with E-state index in [0.717, 1.165) is 6.42 Å². The van der Waals surface area contributed by atoms with Crippen molar-refractivity contribution in [3.05, 3.63) is 0 Å². The molecule has 0 radical (unpaired) electrons. The van der Waals surface area contributed by atoms with Crippen LogP contribution in [-0.4, -0.2) is 65.2 Å². The lowest BCUT2D eigenvalue weighted by atomic mass is 10.2. The van der Waals surface area contributed by atoms with E-state index < -0.39 is 5.60 Å². The van der Waals surface area contributed by atoms with Crippen LogP contribution in [0.3, 0.4) is 0 Å². The molecule has 0 aromatic heterocycles. The zero-order chi connectivity index (χ0) is 13.8. The van der Waals surface area contributed by atoms with Crippen molar-refractivity contribution in [1.29, 1.82) is 0 Å². The Morgan fingerprint density at radius 3 is 2.56 bits per heavy atom. The maximum absolute atomic E-state index is 11.8. The lowest BCUT2D eigenvalue weighted by molar-refractivity contribution is 0.0289. The molecule has 0 aliphatic carbocycles. The van der Waals surface area contributed by atoms with Crippen LogP contribution in [0.25, 0.3) is 0 Å². The Kier molecular flexibility index (Phi) is 5.37. The van der Waals surface area contributed by atoms with Gasteiger partial charge in [-0.2, -0.15) is 0 Å². The first-order valence-electron chi connectivity index (χ1n) is 6.31. The summed E-state index contributed by atoms with van der Waals surface area (Å²) in [5, 5.41) is 21.1. The third-order valence-electron chi connectivity index (χ3n) is 2.75. The van der Waals surface area contributed by atoms with Crippen LogP contribution in [-0.2, 0) is 4.74 Å². The molecule has 0 saturated carbocycles. The van der Waals surface area contributed by atoms with E-state index in [2.05, 4.69) is 5.32 Å². The molecular weight excluding hydrogens is 236 g/mol. The summed E-state index contributed by atoms with van der Waals surface area (Å²) >= 11 is 0. The number of aliphatic hydroxyl groups excluding tert-OH is 2. The quantitative estimate of drug-likeness (QED) is 0.659. The van der Waals surface area contributed by atoms with E-state index in [4.69, 9.17) is 14.9 Å².